The SMILES string of the molecule is Cc1noc(C2CNCCCN2C(=O)c2ccccc2)n1. The second-order valence-electron chi connectivity index (χ2n) is 5.12. The maximum absolute atomic E-state index is 12.8. The number of benzene rings is 1. The van der Waals surface area contributed by atoms with Crippen molar-refractivity contribution in [3.05, 3.63) is 47.6 Å². The minimum absolute atomic E-state index is 0.000142. The minimum atomic E-state index is -0.221. The molecule has 21 heavy (non-hydrogen) atoms. The molecule has 0 radical (unpaired) electrons. The lowest BCUT2D eigenvalue weighted by molar-refractivity contribution is 0.0658. The van der Waals surface area contributed by atoms with Crippen molar-refractivity contribution in [3.8, 4) is 0 Å². The Bertz CT molecular complexity index is 611. The molecule has 0 saturated carbocycles. The summed E-state index contributed by atoms with van der Waals surface area (Å²) < 4.78 is 5.28. The molecule has 0 aliphatic carbocycles. The Morgan fingerprint density at radius 1 is 1.38 bits per heavy atom. The number of hydrogen-bond donors (Lipinski definition) is 1. The summed E-state index contributed by atoms with van der Waals surface area (Å²) in [6, 6.07) is 9.08. The standard InChI is InChI=1S/C15H18N4O2/c1-11-17-14(21-18-11)13-10-16-8-5-9-19(13)15(20)12-6-3-2-4-7-12/h2-4,6-7,13,16H,5,8-10H2,1H3. The molecule has 6 heteroatoms. The molecule has 1 atom stereocenters. The van der Waals surface area contributed by atoms with Gasteiger partial charge in [-0.1, -0.05) is 23.4 Å². The molecule has 1 fully saturated rings. The van der Waals surface area contributed by atoms with Crippen LogP contribution in [0.15, 0.2) is 34.9 Å². The second kappa shape index (κ2) is 6.05. The van der Waals surface area contributed by atoms with Gasteiger partial charge in [0.1, 0.15) is 6.04 Å². The molecule has 1 saturated heterocycles. The number of nitrogens with zero attached hydrogens (tertiary/aromatic N) is 3. The minimum Gasteiger partial charge on any atom is -0.337 e. The topological polar surface area (TPSA) is 71.3 Å². The molecule has 6 nitrogen and oxygen atoms in total. The van der Waals surface area contributed by atoms with Crippen molar-refractivity contribution >= 4 is 5.91 Å². The maximum atomic E-state index is 12.8. The Hall–Kier alpha value is -2.21. The van der Waals surface area contributed by atoms with Crippen molar-refractivity contribution in [1.29, 1.82) is 0 Å². The highest BCUT2D eigenvalue weighted by molar-refractivity contribution is 5.94. The van der Waals surface area contributed by atoms with Crippen LogP contribution in [0, 0.1) is 6.92 Å². The molecule has 1 unspecified atom stereocenters. The fourth-order valence-corrected chi connectivity index (χ4v) is 2.54. The van der Waals surface area contributed by atoms with Crippen LogP contribution in [0.5, 0.6) is 0 Å². The van der Waals surface area contributed by atoms with Gasteiger partial charge >= 0.3 is 0 Å². The summed E-state index contributed by atoms with van der Waals surface area (Å²) in [7, 11) is 0. The quantitative estimate of drug-likeness (QED) is 0.907. The molecule has 0 spiro atoms. The smallest absolute Gasteiger partial charge is 0.254 e. The molecule has 1 N–H and O–H groups in total. The fraction of sp³-hybridized carbons (Fsp3) is 0.400. The van der Waals surface area contributed by atoms with Gasteiger partial charge in [-0.05, 0) is 32.0 Å². The Kier molecular flexibility index (Phi) is 3.96. The van der Waals surface area contributed by atoms with Gasteiger partial charge in [-0.15, -0.1) is 0 Å². The number of hydrogen-bond acceptors (Lipinski definition) is 5. The van der Waals surface area contributed by atoms with E-state index in [2.05, 4.69) is 15.5 Å². The van der Waals surface area contributed by atoms with E-state index in [1.807, 2.05) is 35.2 Å². The third kappa shape index (κ3) is 2.95. The van der Waals surface area contributed by atoms with E-state index >= 15 is 0 Å². The highest BCUT2D eigenvalue weighted by Gasteiger charge is 2.31. The number of aromatic nitrogens is 2. The monoisotopic (exact) mass is 286 g/mol. The summed E-state index contributed by atoms with van der Waals surface area (Å²) >= 11 is 0. The molecule has 1 aromatic carbocycles. The number of carbonyl (C=O) groups excluding carboxylic acids is 1. The molecular weight excluding hydrogens is 268 g/mol. The summed E-state index contributed by atoms with van der Waals surface area (Å²) in [5.41, 5.74) is 0.681. The largest absolute Gasteiger partial charge is 0.337 e. The van der Waals surface area contributed by atoms with Crippen molar-refractivity contribution in [3.63, 3.8) is 0 Å². The highest BCUT2D eigenvalue weighted by Crippen LogP contribution is 2.23. The van der Waals surface area contributed by atoms with Crippen LogP contribution in [0.4, 0.5) is 0 Å². The van der Waals surface area contributed by atoms with Gasteiger partial charge in [-0.3, -0.25) is 4.79 Å². The van der Waals surface area contributed by atoms with Gasteiger partial charge in [0.05, 0.1) is 0 Å². The van der Waals surface area contributed by atoms with Gasteiger partial charge in [-0.25, -0.2) is 0 Å². The number of amides is 1. The van der Waals surface area contributed by atoms with Gasteiger partial charge < -0.3 is 14.7 Å². The molecule has 0 bridgehead atoms. The highest BCUT2D eigenvalue weighted by atomic mass is 16.5. The third-order valence-corrected chi connectivity index (χ3v) is 3.58. The first-order valence-electron chi connectivity index (χ1n) is 7.12. The number of nitrogens with one attached hydrogen (secondary N) is 1. The van der Waals surface area contributed by atoms with E-state index in [1.54, 1.807) is 6.92 Å². The van der Waals surface area contributed by atoms with Crippen molar-refractivity contribution < 1.29 is 9.32 Å². The van der Waals surface area contributed by atoms with E-state index in [0.29, 0.717) is 30.4 Å². The summed E-state index contributed by atoms with van der Waals surface area (Å²) in [6.45, 7) is 3.95. The number of carbonyl (C=O) groups is 1. The van der Waals surface area contributed by atoms with Gasteiger partial charge in [0.25, 0.3) is 11.8 Å². The Morgan fingerprint density at radius 2 is 2.19 bits per heavy atom. The fourth-order valence-electron chi connectivity index (χ4n) is 2.54. The molecule has 1 aliphatic heterocycles. The van der Waals surface area contributed by atoms with E-state index in [1.165, 1.54) is 0 Å². The Balaban J connectivity index is 1.90. The summed E-state index contributed by atoms with van der Waals surface area (Å²) in [5.74, 6) is 1.08. The molecule has 2 aromatic rings. The first-order chi connectivity index (χ1) is 10.3. The first-order valence-corrected chi connectivity index (χ1v) is 7.12. The van der Waals surface area contributed by atoms with E-state index in [-0.39, 0.29) is 11.9 Å². The summed E-state index contributed by atoms with van der Waals surface area (Å²) in [5, 5.41) is 7.16. The lowest BCUT2D eigenvalue weighted by atomic mass is 10.1. The van der Waals surface area contributed by atoms with Crippen molar-refractivity contribution in [2.75, 3.05) is 19.6 Å². The van der Waals surface area contributed by atoms with Crippen molar-refractivity contribution in [2.45, 2.75) is 19.4 Å². The van der Waals surface area contributed by atoms with Crippen LogP contribution in [-0.4, -0.2) is 40.6 Å². The molecule has 110 valence electrons. The van der Waals surface area contributed by atoms with Crippen LogP contribution in [0.1, 0.15) is 34.5 Å². The predicted octanol–water partition coefficient (Wildman–Crippen LogP) is 1.55. The van der Waals surface area contributed by atoms with Crippen LogP contribution in [-0.2, 0) is 0 Å². The van der Waals surface area contributed by atoms with Crippen molar-refractivity contribution in [2.24, 2.45) is 0 Å². The van der Waals surface area contributed by atoms with Gasteiger partial charge in [-0.2, -0.15) is 4.98 Å². The average Bonchev–Trinajstić information content (AvgIpc) is 2.80. The molecule has 3 rings (SSSR count). The number of rotatable bonds is 2. The number of aryl methyl sites for hydroxylation is 1. The van der Waals surface area contributed by atoms with E-state index in [9.17, 15) is 4.79 Å². The Morgan fingerprint density at radius 3 is 2.90 bits per heavy atom. The van der Waals surface area contributed by atoms with Crippen molar-refractivity contribution in [1.82, 2.24) is 20.4 Å². The summed E-state index contributed by atoms with van der Waals surface area (Å²) in [6.07, 6.45) is 0.905. The van der Waals surface area contributed by atoms with Gasteiger partial charge in [0.15, 0.2) is 5.82 Å². The van der Waals surface area contributed by atoms with E-state index in [0.717, 1.165) is 13.0 Å². The average molecular weight is 286 g/mol. The Labute approximate surface area is 123 Å². The van der Waals surface area contributed by atoms with Crippen LogP contribution in [0.25, 0.3) is 0 Å². The van der Waals surface area contributed by atoms with Crippen LogP contribution in [0.3, 0.4) is 0 Å². The molecule has 1 aliphatic rings. The summed E-state index contributed by atoms with van der Waals surface area (Å²) in [4.78, 5) is 18.9. The zero-order valence-electron chi connectivity index (χ0n) is 12.0. The molecule has 1 aromatic heterocycles. The second-order valence-corrected chi connectivity index (χ2v) is 5.12. The van der Waals surface area contributed by atoms with Crippen LogP contribution in [0.2, 0.25) is 0 Å². The van der Waals surface area contributed by atoms with E-state index in [4.69, 9.17) is 4.52 Å². The molecular formula is C15H18N4O2. The van der Waals surface area contributed by atoms with Crippen LogP contribution >= 0.6 is 0 Å². The zero-order valence-corrected chi connectivity index (χ0v) is 12.0. The van der Waals surface area contributed by atoms with E-state index < -0.39 is 0 Å². The van der Waals surface area contributed by atoms with Gasteiger partial charge in [0.2, 0.25) is 0 Å². The third-order valence-electron chi connectivity index (χ3n) is 3.58. The lowest BCUT2D eigenvalue weighted by Gasteiger charge is -2.27. The first kappa shape index (κ1) is 13.8. The van der Waals surface area contributed by atoms with Gasteiger partial charge in [0, 0.05) is 18.7 Å². The predicted molar refractivity (Wildman–Crippen MR) is 76.7 cm³/mol. The normalized spacial score (nSPS) is 19.3. The van der Waals surface area contributed by atoms with Crippen LogP contribution < -0.4 is 5.32 Å². The molecule has 2 heterocycles. The lowest BCUT2D eigenvalue weighted by Crippen LogP contribution is -2.37. The maximum Gasteiger partial charge on any atom is 0.254 e. The zero-order chi connectivity index (χ0) is 14.7. The molecule has 1 amide bonds.